The molecule has 0 unspecified atom stereocenters. The first kappa shape index (κ1) is 17.0. The van der Waals surface area contributed by atoms with E-state index in [1.165, 1.54) is 6.08 Å². The van der Waals surface area contributed by atoms with Gasteiger partial charge < -0.3 is 10.1 Å². The molecule has 0 atom stereocenters. The highest BCUT2D eigenvalue weighted by Crippen LogP contribution is 2.12. The number of hydrogen-bond donors (Lipinski definition) is 1. The highest BCUT2D eigenvalue weighted by Gasteiger charge is 2.03. The van der Waals surface area contributed by atoms with Gasteiger partial charge in [-0.15, -0.1) is 0 Å². The van der Waals surface area contributed by atoms with Gasteiger partial charge in [0.1, 0.15) is 0 Å². The minimum absolute atomic E-state index is 0.0264. The van der Waals surface area contributed by atoms with Crippen molar-refractivity contribution in [3.8, 4) is 0 Å². The molecule has 0 spiro atoms. The van der Waals surface area contributed by atoms with E-state index in [4.69, 9.17) is 4.74 Å². The van der Waals surface area contributed by atoms with Gasteiger partial charge >= 0.3 is 5.97 Å². The van der Waals surface area contributed by atoms with Gasteiger partial charge in [0.15, 0.2) is 0 Å². The van der Waals surface area contributed by atoms with Crippen molar-refractivity contribution in [2.75, 3.05) is 11.9 Å². The van der Waals surface area contributed by atoms with Crippen LogP contribution < -0.4 is 5.32 Å². The van der Waals surface area contributed by atoms with Crippen molar-refractivity contribution in [1.29, 1.82) is 0 Å². The third-order valence-corrected chi connectivity index (χ3v) is 2.84. The maximum atomic E-state index is 11.7. The minimum Gasteiger partial charge on any atom is -0.463 e. The van der Waals surface area contributed by atoms with Crippen LogP contribution in [0.25, 0.3) is 6.08 Å². The van der Waals surface area contributed by atoms with Gasteiger partial charge in [-0.05, 0) is 43.0 Å². The highest BCUT2D eigenvalue weighted by atomic mass is 16.5. The molecule has 4 heteroatoms. The van der Waals surface area contributed by atoms with Crippen molar-refractivity contribution in [2.45, 2.75) is 33.6 Å². The molecule has 0 fully saturated rings. The van der Waals surface area contributed by atoms with E-state index >= 15 is 0 Å². The summed E-state index contributed by atoms with van der Waals surface area (Å²) in [6, 6.07) is 7.32. The number of ether oxygens (including phenoxy) is 1. The number of benzene rings is 1. The smallest absolute Gasteiger partial charge is 0.330 e. The van der Waals surface area contributed by atoms with Gasteiger partial charge in [0, 0.05) is 18.2 Å². The van der Waals surface area contributed by atoms with E-state index in [-0.39, 0.29) is 11.9 Å². The van der Waals surface area contributed by atoms with Crippen molar-refractivity contribution in [3.63, 3.8) is 0 Å². The molecule has 0 saturated carbocycles. The Labute approximate surface area is 126 Å². The number of hydrogen-bond acceptors (Lipinski definition) is 3. The molecule has 0 aromatic heterocycles. The zero-order valence-electron chi connectivity index (χ0n) is 12.9. The van der Waals surface area contributed by atoms with E-state index in [0.29, 0.717) is 18.9 Å². The van der Waals surface area contributed by atoms with Crippen LogP contribution in [-0.2, 0) is 14.3 Å². The fourth-order valence-electron chi connectivity index (χ4n) is 1.68. The lowest BCUT2D eigenvalue weighted by Crippen LogP contribution is -2.12. The van der Waals surface area contributed by atoms with Gasteiger partial charge in [-0.25, -0.2) is 4.79 Å². The lowest BCUT2D eigenvalue weighted by molar-refractivity contribution is -0.137. The largest absolute Gasteiger partial charge is 0.463 e. The van der Waals surface area contributed by atoms with Crippen LogP contribution >= 0.6 is 0 Å². The topological polar surface area (TPSA) is 55.4 Å². The summed E-state index contributed by atoms with van der Waals surface area (Å²) in [5.41, 5.74) is 1.64. The molecular weight excluding hydrogens is 266 g/mol. The van der Waals surface area contributed by atoms with Crippen molar-refractivity contribution in [3.05, 3.63) is 35.9 Å². The van der Waals surface area contributed by atoms with Crippen LogP contribution in [0.3, 0.4) is 0 Å². The van der Waals surface area contributed by atoms with Crippen molar-refractivity contribution in [1.82, 2.24) is 0 Å². The molecule has 1 aromatic carbocycles. The van der Waals surface area contributed by atoms with Crippen LogP contribution in [0.15, 0.2) is 30.3 Å². The summed E-state index contributed by atoms with van der Waals surface area (Å²) in [5, 5.41) is 2.86. The lowest BCUT2D eigenvalue weighted by Gasteiger charge is -2.07. The third-order valence-electron chi connectivity index (χ3n) is 2.84. The van der Waals surface area contributed by atoms with Crippen LogP contribution in [-0.4, -0.2) is 18.5 Å². The van der Waals surface area contributed by atoms with Crippen LogP contribution in [0.4, 0.5) is 5.69 Å². The standard InChI is InChI=1S/C17H23NO3/c1-4-21-17(20)12-8-14-6-9-15(10-7-14)18-16(19)11-5-13(2)3/h6-10,12-13H,4-5,11H2,1-3H3,(H,18,19)/b12-8+. The number of anilines is 1. The SMILES string of the molecule is CCOC(=O)/C=C/c1ccc(NC(=O)CCC(C)C)cc1. The molecule has 1 aromatic rings. The zero-order valence-corrected chi connectivity index (χ0v) is 12.9. The number of amides is 1. The molecule has 0 saturated heterocycles. The summed E-state index contributed by atoms with van der Waals surface area (Å²) < 4.78 is 4.80. The number of carbonyl (C=O) groups is 2. The molecule has 1 amide bonds. The predicted molar refractivity (Wildman–Crippen MR) is 84.8 cm³/mol. The third kappa shape index (κ3) is 7.30. The first-order chi connectivity index (χ1) is 10.0. The Morgan fingerprint density at radius 3 is 2.48 bits per heavy atom. The number of esters is 1. The summed E-state index contributed by atoms with van der Waals surface area (Å²) in [6.07, 6.45) is 4.48. The Hall–Kier alpha value is -2.10. The Balaban J connectivity index is 2.50. The number of rotatable bonds is 7. The van der Waals surface area contributed by atoms with Gasteiger partial charge in [0.2, 0.25) is 5.91 Å². The maximum Gasteiger partial charge on any atom is 0.330 e. The second-order valence-electron chi connectivity index (χ2n) is 5.19. The first-order valence-electron chi connectivity index (χ1n) is 7.26. The van der Waals surface area contributed by atoms with E-state index < -0.39 is 0 Å². The maximum absolute atomic E-state index is 11.7. The minimum atomic E-state index is -0.358. The average molecular weight is 289 g/mol. The van der Waals surface area contributed by atoms with Gasteiger partial charge in [-0.3, -0.25) is 4.79 Å². The lowest BCUT2D eigenvalue weighted by atomic mass is 10.1. The Kier molecular flexibility index (Phi) is 7.23. The number of carbonyl (C=O) groups excluding carboxylic acids is 2. The Morgan fingerprint density at radius 2 is 1.90 bits per heavy atom. The molecular formula is C17H23NO3. The molecule has 0 aliphatic heterocycles. The second-order valence-corrected chi connectivity index (χ2v) is 5.19. The van der Waals surface area contributed by atoms with Gasteiger partial charge in [-0.1, -0.05) is 26.0 Å². The van der Waals surface area contributed by atoms with Crippen molar-refractivity contribution >= 4 is 23.6 Å². The van der Waals surface area contributed by atoms with E-state index in [9.17, 15) is 9.59 Å². The van der Waals surface area contributed by atoms with Crippen LogP contribution in [0, 0.1) is 5.92 Å². The summed E-state index contributed by atoms with van der Waals surface area (Å²) in [4.78, 5) is 22.9. The van der Waals surface area contributed by atoms with E-state index in [1.54, 1.807) is 13.0 Å². The zero-order chi connectivity index (χ0) is 15.7. The molecule has 4 nitrogen and oxygen atoms in total. The van der Waals surface area contributed by atoms with Crippen LogP contribution in [0.5, 0.6) is 0 Å². The van der Waals surface area contributed by atoms with Crippen LogP contribution in [0.2, 0.25) is 0 Å². The molecule has 21 heavy (non-hydrogen) atoms. The van der Waals surface area contributed by atoms with E-state index in [2.05, 4.69) is 19.2 Å². The Bertz CT molecular complexity index is 489. The molecule has 1 rings (SSSR count). The van der Waals surface area contributed by atoms with Gasteiger partial charge in [0.05, 0.1) is 6.61 Å². The van der Waals surface area contributed by atoms with E-state index in [1.807, 2.05) is 24.3 Å². The first-order valence-corrected chi connectivity index (χ1v) is 7.26. The van der Waals surface area contributed by atoms with Crippen molar-refractivity contribution in [2.24, 2.45) is 5.92 Å². The second kappa shape index (κ2) is 8.95. The predicted octanol–water partition coefficient (Wildman–Crippen LogP) is 3.64. The molecule has 0 bridgehead atoms. The van der Waals surface area contributed by atoms with Gasteiger partial charge in [-0.2, -0.15) is 0 Å². The molecule has 1 N–H and O–H groups in total. The molecule has 0 aliphatic rings. The summed E-state index contributed by atoms with van der Waals surface area (Å²) >= 11 is 0. The normalized spacial score (nSPS) is 10.9. The van der Waals surface area contributed by atoms with Crippen LogP contribution in [0.1, 0.15) is 39.2 Å². The molecule has 0 heterocycles. The fourth-order valence-corrected chi connectivity index (χ4v) is 1.68. The monoisotopic (exact) mass is 289 g/mol. The summed E-state index contributed by atoms with van der Waals surface area (Å²) in [6.45, 7) is 6.32. The molecule has 0 aliphatic carbocycles. The quantitative estimate of drug-likeness (QED) is 0.616. The highest BCUT2D eigenvalue weighted by molar-refractivity contribution is 5.91. The number of nitrogens with one attached hydrogen (secondary N) is 1. The average Bonchev–Trinajstić information content (AvgIpc) is 2.45. The summed E-state index contributed by atoms with van der Waals surface area (Å²) in [7, 11) is 0. The van der Waals surface area contributed by atoms with Gasteiger partial charge in [0.25, 0.3) is 0 Å². The molecule has 114 valence electrons. The van der Waals surface area contributed by atoms with E-state index in [0.717, 1.165) is 17.7 Å². The fraction of sp³-hybridized carbons (Fsp3) is 0.412. The molecule has 0 radical (unpaired) electrons. The summed E-state index contributed by atoms with van der Waals surface area (Å²) in [5.74, 6) is 0.188. The Morgan fingerprint density at radius 1 is 1.24 bits per heavy atom. The van der Waals surface area contributed by atoms with Crippen molar-refractivity contribution < 1.29 is 14.3 Å².